The maximum absolute atomic E-state index is 13.1. The number of hydrogen-bond donors (Lipinski definition) is 0. The third-order valence-corrected chi connectivity index (χ3v) is 4.90. The zero-order valence-corrected chi connectivity index (χ0v) is 15.1. The van der Waals surface area contributed by atoms with Crippen LogP contribution < -0.4 is 5.56 Å². The number of methoxy groups -OCH3 is 1. The summed E-state index contributed by atoms with van der Waals surface area (Å²) in [6.45, 7) is 2.50. The molecule has 132 valence electrons. The van der Waals surface area contributed by atoms with Crippen LogP contribution in [-0.2, 0) is 22.5 Å². The van der Waals surface area contributed by atoms with Crippen molar-refractivity contribution in [3.8, 4) is 11.3 Å². The number of hydrogen-bond acceptors (Lipinski definition) is 6. The fourth-order valence-electron chi connectivity index (χ4n) is 2.81. The molecule has 0 aliphatic carbocycles. The number of nitrogens with zero attached hydrogens (tertiary/aromatic N) is 2. The topological polar surface area (TPSA) is 74.3 Å². The van der Waals surface area contributed by atoms with Crippen LogP contribution in [0, 0.1) is 0 Å². The van der Waals surface area contributed by atoms with E-state index in [-0.39, 0.29) is 17.9 Å². The number of furan rings is 1. The van der Waals surface area contributed by atoms with E-state index in [9.17, 15) is 9.59 Å². The molecule has 0 atom stereocenters. The molecule has 0 aromatic carbocycles. The molecule has 0 aliphatic rings. The number of carbonyl (C=O) groups excluding carboxylic acids is 1. The second-order valence-corrected chi connectivity index (χ2v) is 6.58. The van der Waals surface area contributed by atoms with Crippen molar-refractivity contribution in [2.24, 2.45) is 0 Å². The first-order chi connectivity index (χ1) is 12.2. The molecule has 0 unspecified atom stereocenters. The molecule has 6 nitrogen and oxygen atoms in total. The summed E-state index contributed by atoms with van der Waals surface area (Å²) in [4.78, 5) is 29.9. The second kappa shape index (κ2) is 7.65. The predicted molar refractivity (Wildman–Crippen MR) is 96.8 cm³/mol. The van der Waals surface area contributed by atoms with Gasteiger partial charge in [0.25, 0.3) is 5.56 Å². The smallest absolute Gasteiger partial charge is 0.305 e. The molecular weight excluding hydrogens is 340 g/mol. The van der Waals surface area contributed by atoms with Crippen molar-refractivity contribution < 1.29 is 13.9 Å². The fraction of sp³-hybridized carbons (Fsp3) is 0.389. The maximum Gasteiger partial charge on any atom is 0.305 e. The highest BCUT2D eigenvalue weighted by Gasteiger charge is 2.18. The van der Waals surface area contributed by atoms with Crippen LogP contribution in [0.1, 0.15) is 32.0 Å². The van der Waals surface area contributed by atoms with E-state index >= 15 is 0 Å². The zero-order valence-electron chi connectivity index (χ0n) is 14.3. The molecule has 0 saturated carbocycles. The Labute approximate surface area is 149 Å². The van der Waals surface area contributed by atoms with Crippen LogP contribution in [-0.4, -0.2) is 22.6 Å². The lowest BCUT2D eigenvalue weighted by molar-refractivity contribution is -0.140. The van der Waals surface area contributed by atoms with Crippen LogP contribution in [0.2, 0.25) is 0 Å². The number of carbonyl (C=O) groups is 1. The van der Waals surface area contributed by atoms with E-state index in [0.717, 1.165) is 29.1 Å². The summed E-state index contributed by atoms with van der Waals surface area (Å²) in [5.74, 6) is 1.15. The van der Waals surface area contributed by atoms with Crippen LogP contribution >= 0.6 is 11.3 Å². The van der Waals surface area contributed by atoms with Gasteiger partial charge in [-0.15, -0.1) is 11.3 Å². The molecule has 0 aliphatic heterocycles. The summed E-state index contributed by atoms with van der Waals surface area (Å²) in [6, 6.07) is 3.63. The summed E-state index contributed by atoms with van der Waals surface area (Å²) in [6.07, 6.45) is 4.02. The van der Waals surface area contributed by atoms with Crippen LogP contribution in [0.5, 0.6) is 0 Å². The molecule has 3 aromatic rings. The van der Waals surface area contributed by atoms with Gasteiger partial charge in [0.1, 0.15) is 16.4 Å². The Kier molecular flexibility index (Phi) is 5.33. The highest BCUT2D eigenvalue weighted by atomic mass is 32.1. The molecule has 25 heavy (non-hydrogen) atoms. The molecule has 0 fully saturated rings. The van der Waals surface area contributed by atoms with Crippen molar-refractivity contribution in [3.05, 3.63) is 40.0 Å². The molecule has 7 heteroatoms. The van der Waals surface area contributed by atoms with Crippen LogP contribution in [0.3, 0.4) is 0 Å². The van der Waals surface area contributed by atoms with Gasteiger partial charge in [0.05, 0.1) is 18.8 Å². The van der Waals surface area contributed by atoms with Gasteiger partial charge in [-0.1, -0.05) is 6.92 Å². The lowest BCUT2D eigenvalue weighted by Crippen LogP contribution is -2.25. The average molecular weight is 360 g/mol. The SMILES string of the molecule is CCCc1nc2scc(-c3ccco3)c2c(=O)n1CCCC(=O)OC. The molecule has 0 amide bonds. The average Bonchev–Trinajstić information content (AvgIpc) is 3.26. The quantitative estimate of drug-likeness (QED) is 0.602. The highest BCUT2D eigenvalue weighted by molar-refractivity contribution is 7.17. The number of fused-ring (bicyclic) bond motifs is 1. The fourth-order valence-corrected chi connectivity index (χ4v) is 3.74. The summed E-state index contributed by atoms with van der Waals surface area (Å²) in [5, 5.41) is 2.49. The van der Waals surface area contributed by atoms with E-state index in [1.807, 2.05) is 11.4 Å². The highest BCUT2D eigenvalue weighted by Crippen LogP contribution is 2.31. The van der Waals surface area contributed by atoms with Gasteiger partial charge in [0, 0.05) is 30.3 Å². The third-order valence-electron chi connectivity index (χ3n) is 4.02. The summed E-state index contributed by atoms with van der Waals surface area (Å²) in [5.41, 5.74) is 0.693. The normalized spacial score (nSPS) is 11.1. The van der Waals surface area contributed by atoms with E-state index in [4.69, 9.17) is 9.40 Å². The minimum Gasteiger partial charge on any atom is -0.469 e. The van der Waals surface area contributed by atoms with Crippen LogP contribution in [0.15, 0.2) is 33.0 Å². The molecule has 0 bridgehead atoms. The number of esters is 1. The van der Waals surface area contributed by atoms with Crippen molar-refractivity contribution in [2.75, 3.05) is 7.11 Å². The Bertz CT molecular complexity index is 925. The number of ether oxygens (including phenoxy) is 1. The molecular formula is C18H20N2O4S. The Morgan fingerprint density at radius 2 is 2.28 bits per heavy atom. The Balaban J connectivity index is 2.04. The van der Waals surface area contributed by atoms with E-state index in [1.165, 1.54) is 18.4 Å². The standard InChI is InChI=1S/C18H20N2O4S/c1-3-6-14-19-17-16(12(11-25-17)13-7-5-10-24-13)18(22)20(14)9-4-8-15(21)23-2/h5,7,10-11H,3-4,6,8-9H2,1-2H3. The van der Waals surface area contributed by atoms with Gasteiger partial charge in [0.15, 0.2) is 0 Å². The van der Waals surface area contributed by atoms with Gasteiger partial charge in [-0.05, 0) is 25.0 Å². The molecule has 0 saturated heterocycles. The summed E-state index contributed by atoms with van der Waals surface area (Å²) in [7, 11) is 1.37. The lowest BCUT2D eigenvalue weighted by Gasteiger charge is -2.12. The first-order valence-electron chi connectivity index (χ1n) is 8.27. The Hall–Kier alpha value is -2.41. The molecule has 3 rings (SSSR count). The van der Waals surface area contributed by atoms with E-state index in [2.05, 4.69) is 11.7 Å². The first kappa shape index (κ1) is 17.4. The Morgan fingerprint density at radius 3 is 2.96 bits per heavy atom. The molecule has 3 heterocycles. The molecule has 0 radical (unpaired) electrons. The van der Waals surface area contributed by atoms with E-state index in [0.29, 0.717) is 24.1 Å². The number of rotatable bonds is 7. The summed E-state index contributed by atoms with van der Waals surface area (Å²) >= 11 is 1.45. The monoisotopic (exact) mass is 360 g/mol. The van der Waals surface area contributed by atoms with Crippen LogP contribution in [0.25, 0.3) is 21.5 Å². The lowest BCUT2D eigenvalue weighted by atomic mass is 10.2. The predicted octanol–water partition coefficient (Wildman–Crippen LogP) is 3.62. The van der Waals surface area contributed by atoms with Gasteiger partial charge >= 0.3 is 5.97 Å². The van der Waals surface area contributed by atoms with Gasteiger partial charge in [-0.3, -0.25) is 14.2 Å². The maximum atomic E-state index is 13.1. The minimum atomic E-state index is -0.272. The van der Waals surface area contributed by atoms with Gasteiger partial charge in [-0.2, -0.15) is 0 Å². The van der Waals surface area contributed by atoms with Crippen LogP contribution in [0.4, 0.5) is 0 Å². The summed E-state index contributed by atoms with van der Waals surface area (Å²) < 4.78 is 11.8. The second-order valence-electron chi connectivity index (χ2n) is 5.72. The molecule has 0 spiro atoms. The van der Waals surface area contributed by atoms with Crippen molar-refractivity contribution in [3.63, 3.8) is 0 Å². The van der Waals surface area contributed by atoms with Crippen molar-refractivity contribution in [1.82, 2.24) is 9.55 Å². The third kappa shape index (κ3) is 3.51. The molecule has 3 aromatic heterocycles. The minimum absolute atomic E-state index is 0.0778. The van der Waals surface area contributed by atoms with Gasteiger partial charge < -0.3 is 9.15 Å². The van der Waals surface area contributed by atoms with E-state index < -0.39 is 0 Å². The largest absolute Gasteiger partial charge is 0.469 e. The first-order valence-corrected chi connectivity index (χ1v) is 9.15. The Morgan fingerprint density at radius 1 is 1.44 bits per heavy atom. The van der Waals surface area contributed by atoms with E-state index in [1.54, 1.807) is 16.9 Å². The number of aryl methyl sites for hydroxylation is 1. The molecule has 0 N–H and O–H groups in total. The van der Waals surface area contributed by atoms with Crippen molar-refractivity contribution >= 4 is 27.5 Å². The van der Waals surface area contributed by atoms with Crippen molar-refractivity contribution in [1.29, 1.82) is 0 Å². The number of thiophene rings is 1. The zero-order chi connectivity index (χ0) is 17.8. The number of aromatic nitrogens is 2. The van der Waals surface area contributed by atoms with Gasteiger partial charge in [0.2, 0.25) is 0 Å². The van der Waals surface area contributed by atoms with Gasteiger partial charge in [-0.25, -0.2) is 4.98 Å². The van der Waals surface area contributed by atoms with Crippen molar-refractivity contribution in [2.45, 2.75) is 39.2 Å².